The van der Waals surface area contributed by atoms with Crippen LogP contribution in [-0.4, -0.2) is 18.9 Å². The zero-order valence-electron chi connectivity index (χ0n) is 17.7. The molecule has 0 N–H and O–H groups in total. The molecule has 1 aliphatic heterocycles. The number of aryl methyl sites for hydroxylation is 2. The molecule has 31 heavy (non-hydrogen) atoms. The van der Waals surface area contributed by atoms with E-state index in [1.807, 2.05) is 74.5 Å². The third-order valence-electron chi connectivity index (χ3n) is 5.25. The van der Waals surface area contributed by atoms with Gasteiger partial charge in [-0.1, -0.05) is 54.6 Å². The molecule has 1 aliphatic rings. The van der Waals surface area contributed by atoms with Crippen LogP contribution in [-0.2, 0) is 15.3 Å². The molecule has 0 spiro atoms. The molecular formula is C26H23NO3S. The second kappa shape index (κ2) is 8.82. The highest BCUT2D eigenvalue weighted by Gasteiger charge is 2.40. The second-order valence-electron chi connectivity index (χ2n) is 7.44. The summed E-state index contributed by atoms with van der Waals surface area (Å²) in [6, 6.07) is 23.0. The van der Waals surface area contributed by atoms with Crippen molar-refractivity contribution in [2.45, 2.75) is 19.6 Å². The van der Waals surface area contributed by atoms with Gasteiger partial charge in [-0.05, 0) is 54.3 Å². The monoisotopic (exact) mass is 429 g/mol. The van der Waals surface area contributed by atoms with Gasteiger partial charge in [-0.3, -0.25) is 9.59 Å². The van der Waals surface area contributed by atoms with Crippen LogP contribution in [0.5, 0.6) is 5.75 Å². The van der Waals surface area contributed by atoms with Crippen molar-refractivity contribution in [2.75, 3.05) is 12.0 Å². The Labute approximate surface area is 186 Å². The summed E-state index contributed by atoms with van der Waals surface area (Å²) in [5.74, 6) is 0.742. The summed E-state index contributed by atoms with van der Waals surface area (Å²) in [6.45, 7) is 3.87. The molecule has 1 heterocycles. The highest BCUT2D eigenvalue weighted by atomic mass is 32.2. The Bertz CT molecular complexity index is 1170. The van der Waals surface area contributed by atoms with Gasteiger partial charge in [0.15, 0.2) is 0 Å². The molecule has 0 fully saturated rings. The molecule has 3 aromatic carbocycles. The minimum atomic E-state index is -0.292. The molecule has 0 bridgehead atoms. The first-order chi connectivity index (χ1) is 15.0. The van der Waals surface area contributed by atoms with E-state index in [0.29, 0.717) is 33.2 Å². The number of imide groups is 1. The zero-order valence-corrected chi connectivity index (χ0v) is 18.5. The highest BCUT2D eigenvalue weighted by Crippen LogP contribution is 2.40. The Morgan fingerprint density at radius 1 is 0.871 bits per heavy atom. The van der Waals surface area contributed by atoms with Gasteiger partial charge in [0, 0.05) is 5.75 Å². The van der Waals surface area contributed by atoms with Crippen molar-refractivity contribution in [3.05, 3.63) is 100.0 Å². The van der Waals surface area contributed by atoms with Crippen LogP contribution in [0.25, 0.3) is 5.57 Å². The molecule has 0 radical (unpaired) electrons. The highest BCUT2D eigenvalue weighted by molar-refractivity contribution is 8.03. The van der Waals surface area contributed by atoms with Crippen LogP contribution in [0.15, 0.2) is 77.7 Å². The number of thioether (sulfide) groups is 1. The number of nitrogens with zero attached hydrogens (tertiary/aromatic N) is 1. The van der Waals surface area contributed by atoms with Gasteiger partial charge >= 0.3 is 0 Å². The van der Waals surface area contributed by atoms with Crippen LogP contribution in [0.2, 0.25) is 0 Å². The molecule has 4 rings (SSSR count). The number of anilines is 1. The van der Waals surface area contributed by atoms with E-state index in [2.05, 4.69) is 0 Å². The van der Waals surface area contributed by atoms with Crippen molar-refractivity contribution in [1.82, 2.24) is 0 Å². The molecule has 3 aromatic rings. The number of methoxy groups -OCH3 is 1. The Kier molecular flexibility index (Phi) is 5.96. The van der Waals surface area contributed by atoms with Crippen molar-refractivity contribution in [2.24, 2.45) is 0 Å². The fraction of sp³-hybridized carbons (Fsp3) is 0.154. The van der Waals surface area contributed by atoms with Crippen molar-refractivity contribution in [3.8, 4) is 5.75 Å². The second-order valence-corrected chi connectivity index (χ2v) is 8.43. The first-order valence-corrected chi connectivity index (χ1v) is 11.0. The summed E-state index contributed by atoms with van der Waals surface area (Å²) >= 11 is 1.41. The normalized spacial score (nSPS) is 13.8. The summed E-state index contributed by atoms with van der Waals surface area (Å²) < 4.78 is 5.25. The summed E-state index contributed by atoms with van der Waals surface area (Å²) in [5, 5.41) is 0. The predicted molar refractivity (Wildman–Crippen MR) is 126 cm³/mol. The number of hydrogen-bond acceptors (Lipinski definition) is 4. The summed E-state index contributed by atoms with van der Waals surface area (Å²) in [7, 11) is 1.60. The van der Waals surface area contributed by atoms with Crippen LogP contribution in [0.1, 0.15) is 22.3 Å². The van der Waals surface area contributed by atoms with Crippen molar-refractivity contribution in [1.29, 1.82) is 0 Å². The SMILES string of the molecule is COc1ccc(C2=C(SCc3ccccc3)C(=O)N(c3cc(C)ccc3C)C2=O)cc1. The van der Waals surface area contributed by atoms with Crippen LogP contribution in [0.4, 0.5) is 5.69 Å². The van der Waals surface area contributed by atoms with Gasteiger partial charge in [0.25, 0.3) is 11.8 Å². The molecule has 0 saturated carbocycles. The molecular weight excluding hydrogens is 406 g/mol. The molecule has 4 nitrogen and oxygen atoms in total. The number of carbonyl (C=O) groups is 2. The molecule has 0 unspecified atom stereocenters. The fourth-order valence-electron chi connectivity index (χ4n) is 3.56. The van der Waals surface area contributed by atoms with Crippen molar-refractivity contribution >= 4 is 34.8 Å². The summed E-state index contributed by atoms with van der Waals surface area (Å²) in [5.41, 5.74) is 4.76. The van der Waals surface area contributed by atoms with Crippen LogP contribution in [0.3, 0.4) is 0 Å². The van der Waals surface area contributed by atoms with Crippen LogP contribution < -0.4 is 9.64 Å². The predicted octanol–water partition coefficient (Wildman–Crippen LogP) is 5.53. The van der Waals surface area contributed by atoms with Gasteiger partial charge in [0.2, 0.25) is 0 Å². The lowest BCUT2D eigenvalue weighted by molar-refractivity contribution is -0.119. The average Bonchev–Trinajstić information content (AvgIpc) is 3.04. The smallest absolute Gasteiger partial charge is 0.272 e. The number of hydrogen-bond donors (Lipinski definition) is 0. The molecule has 0 atom stereocenters. The van der Waals surface area contributed by atoms with E-state index in [4.69, 9.17) is 4.74 Å². The first-order valence-electron chi connectivity index (χ1n) is 10.0. The van der Waals surface area contributed by atoms with E-state index in [9.17, 15) is 9.59 Å². The lowest BCUT2D eigenvalue weighted by Gasteiger charge is -2.18. The molecule has 0 aliphatic carbocycles. The number of amides is 2. The number of ether oxygens (including phenoxy) is 1. The van der Waals surface area contributed by atoms with Gasteiger partial charge in [0.1, 0.15) is 5.75 Å². The number of benzene rings is 3. The van der Waals surface area contributed by atoms with Crippen LogP contribution >= 0.6 is 11.8 Å². The number of carbonyl (C=O) groups excluding carboxylic acids is 2. The Balaban J connectivity index is 1.77. The van der Waals surface area contributed by atoms with Gasteiger partial charge in [-0.15, -0.1) is 11.8 Å². The molecule has 0 aromatic heterocycles. The first kappa shape index (κ1) is 20.9. The van der Waals surface area contributed by atoms with Gasteiger partial charge in [0.05, 0.1) is 23.3 Å². The lowest BCUT2D eigenvalue weighted by atomic mass is 10.1. The average molecular weight is 430 g/mol. The van der Waals surface area contributed by atoms with E-state index in [0.717, 1.165) is 16.7 Å². The minimum absolute atomic E-state index is 0.273. The third-order valence-corrected chi connectivity index (χ3v) is 6.40. The minimum Gasteiger partial charge on any atom is -0.497 e. The Morgan fingerprint density at radius 2 is 1.58 bits per heavy atom. The summed E-state index contributed by atoms with van der Waals surface area (Å²) in [4.78, 5) is 28.9. The van der Waals surface area contributed by atoms with Crippen molar-refractivity contribution < 1.29 is 14.3 Å². The maximum absolute atomic E-state index is 13.6. The third kappa shape index (κ3) is 4.14. The van der Waals surface area contributed by atoms with E-state index in [1.165, 1.54) is 16.7 Å². The van der Waals surface area contributed by atoms with Gasteiger partial charge in [-0.25, -0.2) is 4.90 Å². The zero-order chi connectivity index (χ0) is 22.0. The number of rotatable bonds is 6. The van der Waals surface area contributed by atoms with Gasteiger partial charge < -0.3 is 4.74 Å². The fourth-order valence-corrected chi connectivity index (χ4v) is 4.63. The lowest BCUT2D eigenvalue weighted by Crippen LogP contribution is -2.32. The standard InChI is InChI=1S/C26H23NO3S/c1-17-9-10-18(2)22(15-17)27-25(28)23(20-11-13-21(30-3)14-12-20)24(26(27)29)31-16-19-7-5-4-6-8-19/h4-15H,16H2,1-3H3. The van der Waals surface area contributed by atoms with E-state index in [1.54, 1.807) is 19.2 Å². The summed E-state index contributed by atoms with van der Waals surface area (Å²) in [6.07, 6.45) is 0. The maximum Gasteiger partial charge on any atom is 0.272 e. The Hall–Kier alpha value is -3.31. The molecule has 0 saturated heterocycles. The Morgan fingerprint density at radius 3 is 2.26 bits per heavy atom. The molecule has 5 heteroatoms. The largest absolute Gasteiger partial charge is 0.497 e. The van der Waals surface area contributed by atoms with E-state index < -0.39 is 0 Å². The van der Waals surface area contributed by atoms with Crippen LogP contribution in [0, 0.1) is 13.8 Å². The van der Waals surface area contributed by atoms with E-state index >= 15 is 0 Å². The molecule has 156 valence electrons. The maximum atomic E-state index is 13.6. The van der Waals surface area contributed by atoms with E-state index in [-0.39, 0.29) is 11.8 Å². The molecule has 2 amide bonds. The topological polar surface area (TPSA) is 46.6 Å². The van der Waals surface area contributed by atoms with Crippen molar-refractivity contribution in [3.63, 3.8) is 0 Å². The quantitative estimate of drug-likeness (QED) is 0.484. The van der Waals surface area contributed by atoms with Gasteiger partial charge in [-0.2, -0.15) is 0 Å².